The van der Waals surface area contributed by atoms with Crippen LogP contribution < -0.4 is 20.4 Å². The van der Waals surface area contributed by atoms with E-state index in [0.717, 1.165) is 57.0 Å². The number of nitrogens with one attached hydrogen (secondary N) is 2. The molecule has 3 aromatic rings. The first-order valence-electron chi connectivity index (χ1n) is 16.9. The van der Waals surface area contributed by atoms with Gasteiger partial charge in [0.05, 0.1) is 10.5 Å². The fourth-order valence-corrected chi connectivity index (χ4v) is 7.54. The van der Waals surface area contributed by atoms with Crippen molar-refractivity contribution < 1.29 is 35.9 Å². The van der Waals surface area contributed by atoms with Crippen molar-refractivity contribution in [3.05, 3.63) is 76.9 Å². The lowest BCUT2D eigenvalue weighted by Crippen LogP contribution is -2.49. The molecule has 52 heavy (non-hydrogen) atoms. The van der Waals surface area contributed by atoms with E-state index in [-0.39, 0.29) is 48.0 Å². The topological polar surface area (TPSA) is 127 Å². The number of carbonyl (C=O) groups is 2. The summed E-state index contributed by atoms with van der Waals surface area (Å²) in [5.74, 6) is -0.309. The molecular formula is C35H43ClF3N7O5S. The van der Waals surface area contributed by atoms with Crippen LogP contribution in [0.15, 0.2) is 65.6 Å². The quantitative estimate of drug-likeness (QED) is 0.202. The van der Waals surface area contributed by atoms with Crippen molar-refractivity contribution in [2.45, 2.75) is 43.9 Å². The number of carbonyl (C=O) groups excluding carboxylic acids is 2. The third-order valence-corrected chi connectivity index (χ3v) is 10.7. The first-order chi connectivity index (χ1) is 24.5. The first-order valence-corrected chi connectivity index (χ1v) is 18.8. The van der Waals surface area contributed by atoms with E-state index in [1.807, 2.05) is 39.0 Å². The zero-order valence-electron chi connectivity index (χ0n) is 29.2. The summed E-state index contributed by atoms with van der Waals surface area (Å²) in [6, 6.07) is 14.8. The Morgan fingerprint density at radius 3 is 2.17 bits per heavy atom. The molecular weight excluding hydrogens is 723 g/mol. The van der Waals surface area contributed by atoms with Crippen molar-refractivity contribution in [1.29, 1.82) is 0 Å². The third-order valence-electron chi connectivity index (χ3n) is 8.59. The molecule has 0 aliphatic carbocycles. The molecule has 0 atom stereocenters. The molecule has 282 valence electrons. The number of rotatable bonds is 10. The fraction of sp³-hybridized carbons (Fsp3) is 0.457. The van der Waals surface area contributed by atoms with E-state index in [1.54, 1.807) is 11.0 Å². The van der Waals surface area contributed by atoms with Gasteiger partial charge in [-0.05, 0) is 88.3 Å². The Morgan fingerprint density at radius 1 is 0.885 bits per heavy atom. The summed E-state index contributed by atoms with van der Waals surface area (Å²) in [4.78, 5) is 35.1. The maximum Gasteiger partial charge on any atom is 0.416 e. The number of alkyl carbamates (subject to hydrolysis) is 1. The van der Waals surface area contributed by atoms with Crippen molar-refractivity contribution in [2.75, 3.05) is 80.6 Å². The van der Waals surface area contributed by atoms with Crippen LogP contribution in [0, 0.1) is 0 Å². The summed E-state index contributed by atoms with van der Waals surface area (Å²) < 4.78 is 73.0. The zero-order valence-corrected chi connectivity index (χ0v) is 30.8. The maximum absolute atomic E-state index is 13.4. The summed E-state index contributed by atoms with van der Waals surface area (Å²) in [5, 5.41) is 5.32. The average molecular weight is 766 g/mol. The van der Waals surface area contributed by atoms with E-state index < -0.39 is 33.5 Å². The molecule has 2 aliphatic heterocycles. The molecule has 2 aromatic carbocycles. The lowest BCUT2D eigenvalue weighted by atomic mass is 10.1. The molecule has 5 rings (SSSR count). The number of halogens is 4. The van der Waals surface area contributed by atoms with Gasteiger partial charge >= 0.3 is 12.3 Å². The molecule has 17 heteroatoms. The van der Waals surface area contributed by atoms with Gasteiger partial charge in [0.25, 0.3) is 5.91 Å². The van der Waals surface area contributed by atoms with Crippen LogP contribution in [-0.4, -0.2) is 106 Å². The molecule has 2 aliphatic rings. The molecule has 2 fully saturated rings. The normalized spacial score (nSPS) is 16.4. The number of aromatic nitrogens is 1. The molecule has 2 saturated heterocycles. The molecule has 0 bridgehead atoms. The standard InChI is InChI=1S/C35H43ClF3N7O5S/c1-34(2,3)51-33(48)40-12-5-13-43-14-16-44(17-15-43)28-7-4-6-25(22-28)32(47)41-27-8-10-29(11-9-27)52(49,50)46-20-18-45(19-21-46)31-24-26(35(37,38)39)23-30(36)42-31/h4,6-11,22-24H,5,12-21H2,1-3H3,(H,40,48)(H,41,47). The van der Waals surface area contributed by atoms with Crippen molar-refractivity contribution in [3.63, 3.8) is 0 Å². The molecule has 1 aromatic heterocycles. The van der Waals surface area contributed by atoms with Gasteiger partial charge in [-0.15, -0.1) is 0 Å². The van der Waals surface area contributed by atoms with E-state index >= 15 is 0 Å². The predicted octanol–water partition coefficient (Wildman–Crippen LogP) is 5.55. The van der Waals surface area contributed by atoms with Crippen LogP contribution in [0.2, 0.25) is 5.15 Å². The highest BCUT2D eigenvalue weighted by molar-refractivity contribution is 7.89. The van der Waals surface area contributed by atoms with E-state index in [2.05, 4.69) is 25.4 Å². The molecule has 0 saturated carbocycles. The van der Waals surface area contributed by atoms with Gasteiger partial charge in [-0.25, -0.2) is 18.2 Å². The predicted molar refractivity (Wildman–Crippen MR) is 194 cm³/mol. The Hall–Kier alpha value is -4.12. The maximum atomic E-state index is 13.4. The van der Waals surface area contributed by atoms with E-state index in [9.17, 15) is 31.2 Å². The number of anilines is 3. The Balaban J connectivity index is 1.09. The van der Waals surface area contributed by atoms with Crippen LogP contribution in [0.5, 0.6) is 0 Å². The number of hydrogen-bond acceptors (Lipinski definition) is 9. The van der Waals surface area contributed by atoms with Crippen molar-refractivity contribution in [1.82, 2.24) is 19.5 Å². The number of amides is 2. The zero-order chi connectivity index (χ0) is 37.7. The van der Waals surface area contributed by atoms with Crippen molar-refractivity contribution in [2.24, 2.45) is 0 Å². The van der Waals surface area contributed by atoms with Crippen LogP contribution >= 0.6 is 11.6 Å². The van der Waals surface area contributed by atoms with Crippen LogP contribution in [-0.2, 0) is 20.9 Å². The number of piperazine rings is 2. The van der Waals surface area contributed by atoms with Crippen molar-refractivity contribution >= 4 is 50.8 Å². The van der Waals surface area contributed by atoms with Gasteiger partial charge < -0.3 is 25.2 Å². The Bertz CT molecular complexity index is 1830. The monoisotopic (exact) mass is 765 g/mol. The smallest absolute Gasteiger partial charge is 0.416 e. The van der Waals surface area contributed by atoms with Crippen LogP contribution in [0.25, 0.3) is 0 Å². The Labute approximate surface area is 306 Å². The summed E-state index contributed by atoms with van der Waals surface area (Å²) in [7, 11) is -3.91. The van der Waals surface area contributed by atoms with Gasteiger partial charge in [-0.3, -0.25) is 9.69 Å². The van der Waals surface area contributed by atoms with E-state index in [1.165, 1.54) is 28.6 Å². The number of nitrogens with zero attached hydrogens (tertiary/aromatic N) is 5. The average Bonchev–Trinajstić information content (AvgIpc) is 3.09. The second kappa shape index (κ2) is 16.3. The van der Waals surface area contributed by atoms with Crippen molar-refractivity contribution in [3.8, 4) is 0 Å². The molecule has 0 radical (unpaired) electrons. The number of sulfonamides is 1. The second-order valence-corrected chi connectivity index (χ2v) is 15.9. The molecule has 0 unspecified atom stereocenters. The number of hydrogen-bond donors (Lipinski definition) is 2. The minimum atomic E-state index is -4.59. The minimum absolute atomic E-state index is 0.0274. The summed E-state index contributed by atoms with van der Waals surface area (Å²) in [6.07, 6.45) is -4.20. The molecule has 12 nitrogen and oxygen atoms in total. The largest absolute Gasteiger partial charge is 0.444 e. The van der Waals surface area contributed by atoms with Gasteiger partial charge in [0, 0.05) is 75.8 Å². The number of alkyl halides is 3. The van der Waals surface area contributed by atoms with Gasteiger partial charge in [0.2, 0.25) is 10.0 Å². The summed E-state index contributed by atoms with van der Waals surface area (Å²) in [5.41, 5.74) is 0.344. The SMILES string of the molecule is CC(C)(C)OC(=O)NCCCN1CCN(c2cccc(C(=O)Nc3ccc(S(=O)(=O)N4CCN(c5cc(C(F)(F)F)cc(Cl)n5)CC4)cc3)c2)CC1. The van der Waals surface area contributed by atoms with Gasteiger partial charge in [0.15, 0.2) is 0 Å². The highest BCUT2D eigenvalue weighted by Gasteiger charge is 2.34. The van der Waals surface area contributed by atoms with Gasteiger partial charge in [0.1, 0.15) is 16.6 Å². The van der Waals surface area contributed by atoms with Crippen LogP contribution in [0.4, 0.5) is 35.2 Å². The lowest BCUT2D eigenvalue weighted by molar-refractivity contribution is -0.137. The molecule has 3 heterocycles. The number of pyridine rings is 1. The highest BCUT2D eigenvalue weighted by atomic mass is 35.5. The first kappa shape index (κ1) is 39.1. The molecule has 2 amide bonds. The lowest BCUT2D eigenvalue weighted by Gasteiger charge is -2.36. The van der Waals surface area contributed by atoms with E-state index in [0.29, 0.717) is 17.8 Å². The van der Waals surface area contributed by atoms with E-state index in [4.69, 9.17) is 16.3 Å². The van der Waals surface area contributed by atoms with Crippen LogP contribution in [0.1, 0.15) is 43.1 Å². The Morgan fingerprint density at radius 2 is 1.54 bits per heavy atom. The second-order valence-electron chi connectivity index (χ2n) is 13.6. The highest BCUT2D eigenvalue weighted by Crippen LogP contribution is 2.33. The number of benzene rings is 2. The summed E-state index contributed by atoms with van der Waals surface area (Å²) >= 11 is 5.83. The Kier molecular flexibility index (Phi) is 12.2. The third kappa shape index (κ3) is 10.5. The summed E-state index contributed by atoms with van der Waals surface area (Å²) in [6.45, 7) is 10.4. The van der Waals surface area contributed by atoms with Crippen LogP contribution in [0.3, 0.4) is 0 Å². The molecule has 2 N–H and O–H groups in total. The minimum Gasteiger partial charge on any atom is -0.444 e. The fourth-order valence-electron chi connectivity index (χ4n) is 5.91. The number of ether oxygens (including phenoxy) is 1. The van der Waals surface area contributed by atoms with Gasteiger partial charge in [-0.1, -0.05) is 17.7 Å². The molecule has 0 spiro atoms. The van der Waals surface area contributed by atoms with Gasteiger partial charge in [-0.2, -0.15) is 17.5 Å².